The Morgan fingerprint density at radius 1 is 1.00 bits per heavy atom. The van der Waals surface area contributed by atoms with Gasteiger partial charge in [0.05, 0.1) is 18.9 Å². The Morgan fingerprint density at radius 2 is 1.67 bits per heavy atom. The second kappa shape index (κ2) is 9.43. The fourth-order valence-corrected chi connectivity index (χ4v) is 2.42. The number of hydrogen-bond donors (Lipinski definition) is 0. The smallest absolute Gasteiger partial charge is 0.423 e. The Hall–Kier alpha value is -2.51. The summed E-state index contributed by atoms with van der Waals surface area (Å²) < 4.78 is 50.7. The molecule has 1 aromatic heterocycles. The molecule has 5 nitrogen and oxygen atoms in total. The van der Waals surface area contributed by atoms with Crippen molar-refractivity contribution in [3.8, 4) is 11.6 Å². The second-order valence-electron chi connectivity index (χ2n) is 5.80. The summed E-state index contributed by atoms with van der Waals surface area (Å²) in [6.45, 7) is 6.80. The Morgan fingerprint density at radius 3 is 2.30 bits per heavy atom. The van der Waals surface area contributed by atoms with Crippen LogP contribution >= 0.6 is 0 Å². The first-order chi connectivity index (χ1) is 12.9. The van der Waals surface area contributed by atoms with Gasteiger partial charge in [0.2, 0.25) is 11.8 Å². The van der Waals surface area contributed by atoms with Gasteiger partial charge in [-0.15, -0.1) is 0 Å². The minimum atomic E-state index is -4.58. The number of para-hydroxylation sites is 2. The Labute approximate surface area is 157 Å². The molecule has 0 saturated carbocycles. The number of nitrogens with zero attached hydrogens (tertiary/aromatic N) is 3. The highest BCUT2D eigenvalue weighted by Crippen LogP contribution is 2.37. The van der Waals surface area contributed by atoms with Crippen LogP contribution < -0.4 is 14.4 Å². The quantitative estimate of drug-likeness (QED) is 0.593. The van der Waals surface area contributed by atoms with Gasteiger partial charge >= 0.3 is 6.18 Å². The van der Waals surface area contributed by atoms with Crippen molar-refractivity contribution in [3.05, 3.63) is 36.0 Å². The molecule has 0 aliphatic heterocycles. The minimum absolute atomic E-state index is 0.129. The normalized spacial score (nSPS) is 11.3. The molecule has 2 aromatic rings. The fourth-order valence-electron chi connectivity index (χ4n) is 2.42. The number of alkyl halides is 3. The predicted octanol–water partition coefficient (Wildman–Crippen LogP) is 5.23. The van der Waals surface area contributed by atoms with E-state index < -0.39 is 17.6 Å². The summed E-state index contributed by atoms with van der Waals surface area (Å²) in [6.07, 6.45) is -2.40. The molecule has 1 aromatic carbocycles. The molecule has 2 rings (SSSR count). The van der Waals surface area contributed by atoms with Gasteiger partial charge in [0, 0.05) is 12.7 Å². The van der Waals surface area contributed by atoms with Crippen LogP contribution in [0.1, 0.15) is 39.2 Å². The van der Waals surface area contributed by atoms with Crippen LogP contribution in [0.25, 0.3) is 0 Å². The average molecular weight is 383 g/mol. The van der Waals surface area contributed by atoms with Gasteiger partial charge in [-0.2, -0.15) is 18.2 Å². The number of hydrogen-bond acceptors (Lipinski definition) is 5. The van der Waals surface area contributed by atoms with E-state index in [0.29, 0.717) is 31.0 Å². The summed E-state index contributed by atoms with van der Waals surface area (Å²) in [5.74, 6) is 0.296. The molecule has 0 aliphatic rings. The zero-order chi connectivity index (χ0) is 19.9. The minimum Gasteiger partial charge on any atom is -0.491 e. The fraction of sp³-hybridized carbons (Fsp3) is 0.474. The summed E-state index contributed by atoms with van der Waals surface area (Å²) in [7, 11) is 0. The number of rotatable bonds is 9. The topological polar surface area (TPSA) is 47.5 Å². The van der Waals surface area contributed by atoms with E-state index in [1.807, 2.05) is 45.0 Å². The van der Waals surface area contributed by atoms with Gasteiger partial charge < -0.3 is 14.4 Å². The van der Waals surface area contributed by atoms with Crippen LogP contribution in [0.5, 0.6) is 11.6 Å². The lowest BCUT2D eigenvalue weighted by molar-refractivity contribution is -0.139. The Kier molecular flexibility index (Phi) is 7.27. The second-order valence-corrected chi connectivity index (χ2v) is 5.80. The first-order valence-electron chi connectivity index (χ1n) is 8.98. The van der Waals surface area contributed by atoms with E-state index >= 15 is 0 Å². The highest BCUT2D eigenvalue weighted by atomic mass is 19.4. The van der Waals surface area contributed by atoms with Crippen molar-refractivity contribution in [1.82, 2.24) is 9.97 Å². The van der Waals surface area contributed by atoms with Crippen molar-refractivity contribution in [2.24, 2.45) is 0 Å². The summed E-state index contributed by atoms with van der Waals surface area (Å²) in [5, 5.41) is 0. The molecule has 0 bridgehead atoms. The third-order valence-corrected chi connectivity index (χ3v) is 3.66. The maximum Gasteiger partial charge on any atom is 0.423 e. The molecule has 0 unspecified atom stereocenters. The van der Waals surface area contributed by atoms with Crippen molar-refractivity contribution in [3.63, 3.8) is 0 Å². The lowest BCUT2D eigenvalue weighted by Gasteiger charge is -2.24. The molecule has 148 valence electrons. The summed E-state index contributed by atoms with van der Waals surface area (Å²) >= 11 is 0. The third kappa shape index (κ3) is 5.24. The van der Waals surface area contributed by atoms with Crippen molar-refractivity contribution in [1.29, 1.82) is 0 Å². The monoisotopic (exact) mass is 383 g/mol. The molecule has 8 heteroatoms. The summed E-state index contributed by atoms with van der Waals surface area (Å²) in [6, 6.07) is 7.30. The molecule has 0 saturated heterocycles. The van der Waals surface area contributed by atoms with Crippen molar-refractivity contribution < 1.29 is 22.6 Å². The Bertz CT molecular complexity index is 738. The van der Waals surface area contributed by atoms with Gasteiger partial charge in [-0.3, -0.25) is 0 Å². The highest BCUT2D eigenvalue weighted by Gasteiger charge is 2.36. The van der Waals surface area contributed by atoms with E-state index in [1.54, 1.807) is 4.90 Å². The van der Waals surface area contributed by atoms with Crippen LogP contribution in [0.15, 0.2) is 30.5 Å². The van der Waals surface area contributed by atoms with Gasteiger partial charge in [0.1, 0.15) is 11.3 Å². The first-order valence-corrected chi connectivity index (χ1v) is 8.98. The van der Waals surface area contributed by atoms with E-state index in [1.165, 1.54) is 0 Å². The lowest BCUT2D eigenvalue weighted by Crippen LogP contribution is -2.21. The van der Waals surface area contributed by atoms with Crippen LogP contribution in [0.2, 0.25) is 0 Å². The molecule has 0 fully saturated rings. The van der Waals surface area contributed by atoms with Crippen molar-refractivity contribution in [2.75, 3.05) is 24.7 Å². The molecular formula is C19H24F3N3O2. The average Bonchev–Trinajstić information content (AvgIpc) is 2.65. The molecule has 0 radical (unpaired) electrons. The van der Waals surface area contributed by atoms with Crippen LogP contribution in [0.3, 0.4) is 0 Å². The number of halogens is 3. The summed E-state index contributed by atoms with van der Waals surface area (Å²) in [4.78, 5) is 9.70. The number of benzene rings is 1. The molecule has 0 N–H and O–H groups in total. The van der Waals surface area contributed by atoms with E-state index in [4.69, 9.17) is 9.47 Å². The van der Waals surface area contributed by atoms with E-state index in [2.05, 4.69) is 9.97 Å². The van der Waals surface area contributed by atoms with Crippen LogP contribution in [0, 0.1) is 0 Å². The van der Waals surface area contributed by atoms with Gasteiger partial charge in [-0.1, -0.05) is 26.0 Å². The van der Waals surface area contributed by atoms with Gasteiger partial charge in [-0.25, -0.2) is 4.98 Å². The third-order valence-electron chi connectivity index (χ3n) is 3.66. The number of ether oxygens (including phenoxy) is 2. The zero-order valence-electron chi connectivity index (χ0n) is 15.7. The zero-order valence-corrected chi connectivity index (χ0v) is 15.7. The van der Waals surface area contributed by atoms with Gasteiger partial charge in [0.25, 0.3) is 0 Å². The maximum absolute atomic E-state index is 13.2. The molecule has 27 heavy (non-hydrogen) atoms. The predicted molar refractivity (Wildman–Crippen MR) is 97.7 cm³/mol. The van der Waals surface area contributed by atoms with Gasteiger partial charge in [-0.05, 0) is 31.9 Å². The SMILES string of the molecule is CCCOc1ccccc1N(CC)c1ncc(C(F)(F)F)c(OCCC)n1. The van der Waals surface area contributed by atoms with E-state index in [9.17, 15) is 13.2 Å². The lowest BCUT2D eigenvalue weighted by atomic mass is 10.2. The Balaban J connectivity index is 2.45. The number of anilines is 2. The molecule has 0 spiro atoms. The molecule has 0 amide bonds. The van der Waals surface area contributed by atoms with Crippen molar-refractivity contribution in [2.45, 2.75) is 39.8 Å². The largest absolute Gasteiger partial charge is 0.491 e. The maximum atomic E-state index is 13.2. The highest BCUT2D eigenvalue weighted by molar-refractivity contribution is 5.65. The van der Waals surface area contributed by atoms with E-state index in [-0.39, 0.29) is 12.6 Å². The molecule has 0 atom stereocenters. The van der Waals surface area contributed by atoms with E-state index in [0.717, 1.165) is 12.6 Å². The number of aromatic nitrogens is 2. The van der Waals surface area contributed by atoms with Crippen LogP contribution in [-0.4, -0.2) is 29.7 Å². The van der Waals surface area contributed by atoms with Crippen LogP contribution in [-0.2, 0) is 6.18 Å². The van der Waals surface area contributed by atoms with Crippen LogP contribution in [0.4, 0.5) is 24.8 Å². The standard InChI is InChI=1S/C19H24F3N3O2/c1-4-11-26-16-10-8-7-9-15(16)25(6-3)18-23-13-14(19(20,21)22)17(24-18)27-12-5-2/h7-10,13H,4-6,11-12H2,1-3H3. The molecule has 0 aliphatic carbocycles. The first kappa shape index (κ1) is 20.8. The molecular weight excluding hydrogens is 359 g/mol. The van der Waals surface area contributed by atoms with Gasteiger partial charge in [0.15, 0.2) is 0 Å². The molecule has 1 heterocycles. The van der Waals surface area contributed by atoms with Crippen molar-refractivity contribution >= 4 is 11.6 Å². The summed E-state index contributed by atoms with van der Waals surface area (Å²) in [5.41, 5.74) is -0.291.